The molecule has 8 nitrogen and oxygen atoms in total. The van der Waals surface area contributed by atoms with Crippen molar-refractivity contribution in [1.29, 1.82) is 0 Å². The second kappa shape index (κ2) is 7.33. The van der Waals surface area contributed by atoms with E-state index < -0.39 is 23.9 Å². The minimum absolute atomic E-state index is 0.101. The molecular weight excluding hydrogens is 324 g/mol. The highest BCUT2D eigenvalue weighted by Gasteiger charge is 2.43. The first-order chi connectivity index (χ1) is 12.1. The molecule has 132 valence electrons. The molecular formula is C17H20N4O4. The second-order valence-electron chi connectivity index (χ2n) is 5.93. The molecule has 0 aliphatic carbocycles. The number of aryl methyl sites for hydroxylation is 1. The largest absolute Gasteiger partial charge is 0.481 e. The van der Waals surface area contributed by atoms with Crippen molar-refractivity contribution in [2.45, 2.75) is 26.0 Å². The quantitative estimate of drug-likeness (QED) is 0.887. The molecule has 1 aliphatic heterocycles. The lowest BCUT2D eigenvalue weighted by atomic mass is 9.95. The van der Waals surface area contributed by atoms with Crippen LogP contribution in [0.1, 0.15) is 24.2 Å². The molecule has 1 aliphatic rings. The summed E-state index contributed by atoms with van der Waals surface area (Å²) in [5.74, 6) is -1.48. The van der Waals surface area contributed by atoms with Crippen molar-refractivity contribution in [3.8, 4) is 0 Å². The molecule has 1 N–H and O–H groups in total. The molecule has 0 saturated carbocycles. The van der Waals surface area contributed by atoms with E-state index in [0.717, 1.165) is 5.56 Å². The number of carbonyl (C=O) groups is 2. The first kappa shape index (κ1) is 16.9. The number of ether oxygens (including phenoxy) is 1. The number of nitrogens with zero attached hydrogens (tertiary/aromatic N) is 4. The molecule has 2 atom stereocenters. The molecule has 3 rings (SSSR count). The van der Waals surface area contributed by atoms with E-state index in [-0.39, 0.29) is 19.7 Å². The number of benzene rings is 1. The van der Waals surface area contributed by atoms with Crippen LogP contribution in [-0.2, 0) is 22.7 Å². The number of aromatic nitrogens is 3. The highest BCUT2D eigenvalue weighted by molar-refractivity contribution is 5.75. The Bertz CT molecular complexity index is 746. The van der Waals surface area contributed by atoms with Gasteiger partial charge in [-0.1, -0.05) is 30.3 Å². The Morgan fingerprint density at radius 2 is 2.04 bits per heavy atom. The third-order valence-corrected chi connectivity index (χ3v) is 4.38. The normalized spacial score (nSPS) is 19.8. The average molecular weight is 344 g/mol. The van der Waals surface area contributed by atoms with Gasteiger partial charge < -0.3 is 14.7 Å². The van der Waals surface area contributed by atoms with E-state index in [9.17, 15) is 14.7 Å². The van der Waals surface area contributed by atoms with Gasteiger partial charge in [-0.2, -0.15) is 5.10 Å². The van der Waals surface area contributed by atoms with E-state index in [1.165, 1.54) is 11.2 Å². The van der Waals surface area contributed by atoms with Crippen LogP contribution in [-0.4, -0.2) is 49.9 Å². The van der Waals surface area contributed by atoms with Crippen LogP contribution in [0.4, 0.5) is 4.79 Å². The van der Waals surface area contributed by atoms with Crippen molar-refractivity contribution in [2.24, 2.45) is 5.92 Å². The van der Waals surface area contributed by atoms with Crippen molar-refractivity contribution >= 4 is 12.1 Å². The molecule has 2 unspecified atom stereocenters. The van der Waals surface area contributed by atoms with Crippen LogP contribution in [0.2, 0.25) is 0 Å². The van der Waals surface area contributed by atoms with E-state index >= 15 is 0 Å². The van der Waals surface area contributed by atoms with Crippen molar-refractivity contribution in [3.05, 3.63) is 48.0 Å². The van der Waals surface area contributed by atoms with Crippen LogP contribution in [0.25, 0.3) is 0 Å². The average Bonchev–Trinajstić information content (AvgIpc) is 3.26. The van der Waals surface area contributed by atoms with Gasteiger partial charge in [0.2, 0.25) is 0 Å². The van der Waals surface area contributed by atoms with Gasteiger partial charge in [-0.3, -0.25) is 4.79 Å². The number of hydrogen-bond acceptors (Lipinski definition) is 5. The van der Waals surface area contributed by atoms with Crippen LogP contribution < -0.4 is 0 Å². The van der Waals surface area contributed by atoms with Crippen LogP contribution in [0.3, 0.4) is 0 Å². The number of rotatable bonds is 5. The summed E-state index contributed by atoms with van der Waals surface area (Å²) in [7, 11) is 0. The molecule has 25 heavy (non-hydrogen) atoms. The summed E-state index contributed by atoms with van der Waals surface area (Å²) in [5, 5.41) is 13.6. The Kier molecular flexibility index (Phi) is 4.97. The summed E-state index contributed by atoms with van der Waals surface area (Å²) >= 11 is 0. The zero-order valence-corrected chi connectivity index (χ0v) is 13.9. The molecule has 1 saturated heterocycles. The Hall–Kier alpha value is -2.90. The maximum atomic E-state index is 12.3. The Morgan fingerprint density at radius 3 is 2.72 bits per heavy atom. The van der Waals surface area contributed by atoms with E-state index in [4.69, 9.17) is 4.74 Å². The molecule has 1 amide bonds. The first-order valence-corrected chi connectivity index (χ1v) is 8.16. The number of carbonyl (C=O) groups excluding carboxylic acids is 1. The standard InChI is InChI=1S/C17H20N4O4/c1-2-21-15(18-11-19-21)13-8-20(9-14(13)16(22)23)17(24)25-10-12-6-4-3-5-7-12/h3-7,11,13-14H,2,8-10H2,1H3,(H,22,23). The summed E-state index contributed by atoms with van der Waals surface area (Å²) in [6.07, 6.45) is 0.897. The lowest BCUT2D eigenvalue weighted by molar-refractivity contribution is -0.141. The van der Waals surface area contributed by atoms with Crippen molar-refractivity contribution in [1.82, 2.24) is 19.7 Å². The first-order valence-electron chi connectivity index (χ1n) is 8.16. The Labute approximate surface area is 145 Å². The summed E-state index contributed by atoms with van der Waals surface area (Å²) in [5.41, 5.74) is 0.882. The number of carboxylic acid groups (broad SMARTS) is 1. The highest BCUT2D eigenvalue weighted by atomic mass is 16.6. The minimum atomic E-state index is -0.950. The number of likely N-dealkylation sites (tertiary alicyclic amines) is 1. The van der Waals surface area contributed by atoms with Gasteiger partial charge in [0.25, 0.3) is 0 Å². The lowest BCUT2D eigenvalue weighted by Crippen LogP contribution is -2.30. The number of hydrogen-bond donors (Lipinski definition) is 1. The minimum Gasteiger partial charge on any atom is -0.481 e. The lowest BCUT2D eigenvalue weighted by Gasteiger charge is -2.16. The maximum Gasteiger partial charge on any atom is 0.410 e. The molecule has 0 bridgehead atoms. The monoisotopic (exact) mass is 344 g/mol. The summed E-state index contributed by atoms with van der Waals surface area (Å²) < 4.78 is 6.98. The summed E-state index contributed by atoms with van der Waals surface area (Å²) in [4.78, 5) is 29.6. The molecule has 2 heterocycles. The predicted octanol–water partition coefficient (Wildman–Crippen LogP) is 1.73. The van der Waals surface area contributed by atoms with E-state index in [0.29, 0.717) is 12.4 Å². The van der Waals surface area contributed by atoms with E-state index in [1.807, 2.05) is 37.3 Å². The van der Waals surface area contributed by atoms with E-state index in [1.54, 1.807) is 4.68 Å². The Morgan fingerprint density at radius 1 is 1.28 bits per heavy atom. The maximum absolute atomic E-state index is 12.3. The summed E-state index contributed by atoms with van der Waals surface area (Å²) in [6, 6.07) is 9.35. The summed E-state index contributed by atoms with van der Waals surface area (Å²) in [6.45, 7) is 3.02. The van der Waals surface area contributed by atoms with Gasteiger partial charge >= 0.3 is 12.1 Å². The Balaban J connectivity index is 1.69. The van der Waals surface area contributed by atoms with Crippen molar-refractivity contribution in [3.63, 3.8) is 0 Å². The topological polar surface area (TPSA) is 97.5 Å². The molecule has 1 aromatic carbocycles. The zero-order valence-electron chi connectivity index (χ0n) is 13.9. The van der Waals surface area contributed by atoms with Crippen LogP contribution in [0.5, 0.6) is 0 Å². The van der Waals surface area contributed by atoms with Gasteiger partial charge in [0.15, 0.2) is 0 Å². The number of amides is 1. The molecule has 1 fully saturated rings. The SMILES string of the molecule is CCn1ncnc1C1CN(C(=O)OCc2ccccc2)CC1C(=O)O. The number of carboxylic acids is 1. The van der Waals surface area contributed by atoms with Crippen LogP contribution in [0, 0.1) is 5.92 Å². The van der Waals surface area contributed by atoms with Crippen molar-refractivity contribution < 1.29 is 19.4 Å². The van der Waals surface area contributed by atoms with Gasteiger partial charge in [-0.25, -0.2) is 14.5 Å². The van der Waals surface area contributed by atoms with Gasteiger partial charge in [0, 0.05) is 19.6 Å². The highest BCUT2D eigenvalue weighted by Crippen LogP contribution is 2.32. The molecule has 0 radical (unpaired) electrons. The molecule has 2 aromatic rings. The third kappa shape index (κ3) is 3.62. The second-order valence-corrected chi connectivity index (χ2v) is 5.93. The van der Waals surface area contributed by atoms with Gasteiger partial charge in [0.1, 0.15) is 18.8 Å². The van der Waals surface area contributed by atoms with E-state index in [2.05, 4.69) is 10.1 Å². The fourth-order valence-corrected chi connectivity index (χ4v) is 3.08. The fraction of sp³-hybridized carbons (Fsp3) is 0.412. The smallest absolute Gasteiger partial charge is 0.410 e. The predicted molar refractivity (Wildman–Crippen MR) is 87.8 cm³/mol. The molecule has 1 aromatic heterocycles. The van der Waals surface area contributed by atoms with Gasteiger partial charge in [-0.15, -0.1) is 0 Å². The zero-order chi connectivity index (χ0) is 17.8. The number of aliphatic carboxylic acids is 1. The third-order valence-electron chi connectivity index (χ3n) is 4.38. The molecule has 0 spiro atoms. The molecule has 8 heteroatoms. The van der Waals surface area contributed by atoms with Crippen LogP contribution in [0.15, 0.2) is 36.7 Å². The fourth-order valence-electron chi connectivity index (χ4n) is 3.08. The van der Waals surface area contributed by atoms with Gasteiger partial charge in [-0.05, 0) is 12.5 Å². The van der Waals surface area contributed by atoms with Crippen molar-refractivity contribution in [2.75, 3.05) is 13.1 Å². The van der Waals surface area contributed by atoms with Crippen LogP contribution >= 0.6 is 0 Å². The van der Waals surface area contributed by atoms with Gasteiger partial charge in [0.05, 0.1) is 11.8 Å².